The molecule has 1 aliphatic rings. The van der Waals surface area contributed by atoms with Gasteiger partial charge in [0, 0.05) is 6.42 Å². The molecule has 0 saturated carbocycles. The number of cyclic esters (lactones) is 1. The molecule has 0 aromatic heterocycles. The van der Waals surface area contributed by atoms with E-state index >= 15 is 0 Å². The van der Waals surface area contributed by atoms with Gasteiger partial charge in [-0.1, -0.05) is 54.5 Å². The van der Waals surface area contributed by atoms with Crippen molar-refractivity contribution >= 4 is 5.97 Å². The molecule has 156 valence electrons. The van der Waals surface area contributed by atoms with Crippen molar-refractivity contribution < 1.29 is 30.0 Å². The number of carbonyl (C=O) groups excluding carboxylic acids is 1. The van der Waals surface area contributed by atoms with Gasteiger partial charge in [-0.15, -0.1) is 0 Å². The van der Waals surface area contributed by atoms with Crippen LogP contribution in [0.1, 0.15) is 40.5 Å². The van der Waals surface area contributed by atoms with E-state index in [0.29, 0.717) is 6.42 Å². The fourth-order valence-electron chi connectivity index (χ4n) is 2.71. The Kier molecular flexibility index (Phi) is 9.93. The van der Waals surface area contributed by atoms with Crippen molar-refractivity contribution in [3.63, 3.8) is 0 Å². The molecular formula is C22H32O6. The Hall–Kier alpha value is -2.15. The third-order valence-electron chi connectivity index (χ3n) is 4.67. The van der Waals surface area contributed by atoms with E-state index in [9.17, 15) is 20.1 Å². The number of carbonyl (C=O) groups is 1. The fraction of sp³-hybridized carbons (Fsp3) is 0.500. The number of allylic oxidation sites excluding steroid dienone is 4. The summed E-state index contributed by atoms with van der Waals surface area (Å²) in [5.74, 6) is -0.902. The lowest BCUT2D eigenvalue weighted by Gasteiger charge is -2.30. The van der Waals surface area contributed by atoms with Gasteiger partial charge in [0.05, 0.1) is 30.3 Å². The first-order valence-corrected chi connectivity index (χ1v) is 9.43. The van der Waals surface area contributed by atoms with Crippen LogP contribution >= 0.6 is 0 Å². The fourth-order valence-corrected chi connectivity index (χ4v) is 2.71. The second kappa shape index (κ2) is 11.6. The minimum atomic E-state index is -0.828. The maximum absolute atomic E-state index is 11.7. The lowest BCUT2D eigenvalue weighted by Crippen LogP contribution is -2.35. The largest absolute Gasteiger partial charge is 0.511 e. The van der Waals surface area contributed by atoms with Gasteiger partial charge in [0.1, 0.15) is 11.9 Å². The zero-order valence-electron chi connectivity index (χ0n) is 17.0. The van der Waals surface area contributed by atoms with Crippen molar-refractivity contribution in [2.75, 3.05) is 6.61 Å². The lowest BCUT2D eigenvalue weighted by molar-refractivity contribution is -0.151. The Bertz CT molecular complexity index is 683. The number of rotatable bonds is 9. The van der Waals surface area contributed by atoms with Gasteiger partial charge in [-0.3, -0.25) is 0 Å². The van der Waals surface area contributed by atoms with Crippen LogP contribution < -0.4 is 0 Å². The Morgan fingerprint density at radius 3 is 2.29 bits per heavy atom. The third-order valence-corrected chi connectivity index (χ3v) is 4.67. The maximum Gasteiger partial charge on any atom is 0.337 e. The van der Waals surface area contributed by atoms with Crippen molar-refractivity contribution in [3.8, 4) is 0 Å². The first-order chi connectivity index (χ1) is 13.1. The molecule has 0 saturated heterocycles. The molecule has 0 radical (unpaired) electrons. The van der Waals surface area contributed by atoms with E-state index in [-0.39, 0.29) is 30.3 Å². The summed E-state index contributed by atoms with van der Waals surface area (Å²) in [6.07, 6.45) is 8.82. The highest BCUT2D eigenvalue weighted by molar-refractivity contribution is 5.89. The van der Waals surface area contributed by atoms with Gasteiger partial charge < -0.3 is 25.2 Å². The molecule has 6 nitrogen and oxygen atoms in total. The van der Waals surface area contributed by atoms with Crippen LogP contribution in [0.5, 0.6) is 0 Å². The van der Waals surface area contributed by atoms with E-state index in [2.05, 4.69) is 0 Å². The number of hydrogen-bond acceptors (Lipinski definition) is 6. The van der Waals surface area contributed by atoms with Gasteiger partial charge in [0.15, 0.2) is 0 Å². The Morgan fingerprint density at radius 2 is 1.68 bits per heavy atom. The lowest BCUT2D eigenvalue weighted by atomic mass is 9.92. The Balaban J connectivity index is 2.55. The monoisotopic (exact) mass is 392 g/mol. The average molecular weight is 392 g/mol. The average Bonchev–Trinajstić information content (AvgIpc) is 2.65. The van der Waals surface area contributed by atoms with Crippen LogP contribution in [0.3, 0.4) is 0 Å². The standard InChI is InChI=1S/C22H32O6/c1-14(5-8-18(24)9-6-15(2)11-12-23)7-10-19(25)13-20-16(3)21(26)17(4)22(27)28-20/h5-7,9-11,16,18-20,23-26H,8,12-13H2,1-4H3. The van der Waals surface area contributed by atoms with Crippen molar-refractivity contribution in [2.45, 2.75) is 58.8 Å². The predicted molar refractivity (Wildman–Crippen MR) is 109 cm³/mol. The first-order valence-electron chi connectivity index (χ1n) is 9.43. The predicted octanol–water partition coefficient (Wildman–Crippen LogP) is 2.88. The topological polar surface area (TPSA) is 107 Å². The zero-order chi connectivity index (χ0) is 21.3. The normalized spacial score (nSPS) is 24.2. The van der Waals surface area contributed by atoms with Crippen molar-refractivity contribution in [1.82, 2.24) is 0 Å². The van der Waals surface area contributed by atoms with Crippen LogP contribution in [0.4, 0.5) is 0 Å². The molecule has 1 heterocycles. The van der Waals surface area contributed by atoms with Gasteiger partial charge in [0.25, 0.3) is 0 Å². The number of aliphatic hydroxyl groups excluding tert-OH is 4. The van der Waals surface area contributed by atoms with E-state index in [1.807, 2.05) is 19.9 Å². The van der Waals surface area contributed by atoms with E-state index in [4.69, 9.17) is 9.84 Å². The molecular weight excluding hydrogens is 360 g/mol. The molecule has 0 aromatic carbocycles. The van der Waals surface area contributed by atoms with Gasteiger partial charge >= 0.3 is 5.97 Å². The molecule has 0 aromatic rings. The van der Waals surface area contributed by atoms with E-state index in [0.717, 1.165) is 11.1 Å². The van der Waals surface area contributed by atoms with Crippen LogP contribution in [0.15, 0.2) is 58.9 Å². The summed E-state index contributed by atoms with van der Waals surface area (Å²) in [6.45, 7) is 6.93. The molecule has 0 aliphatic carbocycles. The SMILES string of the molecule is CC(C=CC(O)CC=C(C)C=CC(O)CC1OC(=O)C(C)=C(O)C1C)=CCO. The highest BCUT2D eigenvalue weighted by Crippen LogP contribution is 2.28. The summed E-state index contributed by atoms with van der Waals surface area (Å²) in [7, 11) is 0. The van der Waals surface area contributed by atoms with Gasteiger partial charge in [0.2, 0.25) is 0 Å². The second-order valence-electron chi connectivity index (χ2n) is 7.15. The summed E-state index contributed by atoms with van der Waals surface area (Å²) in [6, 6.07) is 0. The zero-order valence-corrected chi connectivity index (χ0v) is 17.0. The number of hydrogen-bond donors (Lipinski definition) is 4. The quantitative estimate of drug-likeness (QED) is 0.355. The molecule has 0 spiro atoms. The summed E-state index contributed by atoms with van der Waals surface area (Å²) in [4.78, 5) is 11.7. The summed E-state index contributed by atoms with van der Waals surface area (Å²) in [5, 5.41) is 38.9. The molecule has 1 aliphatic heterocycles. The molecule has 4 N–H and O–H groups in total. The Labute approximate surface area is 166 Å². The number of ether oxygens (including phenoxy) is 1. The first kappa shape index (κ1) is 23.9. The molecule has 4 unspecified atom stereocenters. The van der Waals surface area contributed by atoms with E-state index in [1.54, 1.807) is 37.3 Å². The van der Waals surface area contributed by atoms with Crippen LogP contribution in [0.25, 0.3) is 0 Å². The van der Waals surface area contributed by atoms with Crippen LogP contribution in [-0.2, 0) is 9.53 Å². The van der Waals surface area contributed by atoms with Crippen molar-refractivity contribution in [3.05, 3.63) is 58.9 Å². The van der Waals surface area contributed by atoms with Crippen LogP contribution in [-0.4, -0.2) is 51.3 Å². The molecule has 4 atom stereocenters. The molecule has 0 amide bonds. The summed E-state index contributed by atoms with van der Waals surface area (Å²) < 4.78 is 5.28. The van der Waals surface area contributed by atoms with Gasteiger partial charge in [-0.25, -0.2) is 4.79 Å². The Morgan fingerprint density at radius 1 is 1.11 bits per heavy atom. The van der Waals surface area contributed by atoms with Crippen LogP contribution in [0, 0.1) is 5.92 Å². The third kappa shape index (κ3) is 7.84. The molecule has 1 rings (SSSR count). The second-order valence-corrected chi connectivity index (χ2v) is 7.15. The number of esters is 1. The highest BCUT2D eigenvalue weighted by atomic mass is 16.5. The summed E-state index contributed by atoms with van der Waals surface area (Å²) >= 11 is 0. The molecule has 0 fully saturated rings. The maximum atomic E-state index is 11.7. The molecule has 6 heteroatoms. The van der Waals surface area contributed by atoms with E-state index in [1.165, 1.54) is 6.92 Å². The van der Waals surface area contributed by atoms with Gasteiger partial charge in [-0.05, 0) is 27.2 Å². The number of aliphatic hydroxyl groups is 4. The van der Waals surface area contributed by atoms with Gasteiger partial charge in [-0.2, -0.15) is 0 Å². The minimum Gasteiger partial charge on any atom is -0.511 e. The molecule has 28 heavy (non-hydrogen) atoms. The van der Waals surface area contributed by atoms with E-state index < -0.39 is 24.3 Å². The van der Waals surface area contributed by atoms with Crippen molar-refractivity contribution in [2.24, 2.45) is 5.92 Å². The van der Waals surface area contributed by atoms with Crippen LogP contribution in [0.2, 0.25) is 0 Å². The summed E-state index contributed by atoms with van der Waals surface area (Å²) in [5.41, 5.74) is 1.96. The van der Waals surface area contributed by atoms with Crippen molar-refractivity contribution in [1.29, 1.82) is 0 Å². The smallest absolute Gasteiger partial charge is 0.337 e. The highest BCUT2D eigenvalue weighted by Gasteiger charge is 2.34. The minimum absolute atomic E-state index is 0.0135. The molecule has 0 bridgehead atoms.